The number of sulfone groups is 1. The van der Waals surface area contributed by atoms with Gasteiger partial charge in [-0.15, -0.1) is 0 Å². The summed E-state index contributed by atoms with van der Waals surface area (Å²) in [6.45, 7) is 11.0. The zero-order valence-electron chi connectivity index (χ0n) is 13.4. The second kappa shape index (κ2) is 6.52. The van der Waals surface area contributed by atoms with Gasteiger partial charge in [-0.05, 0) is 41.5 Å². The largest absolute Gasteiger partial charge is 0.229 e. The lowest BCUT2D eigenvalue weighted by Crippen LogP contribution is -2.12. The summed E-state index contributed by atoms with van der Waals surface area (Å²) in [4.78, 5) is 0. The van der Waals surface area contributed by atoms with Crippen molar-refractivity contribution in [3.8, 4) is 0 Å². The maximum absolute atomic E-state index is 11.1. The van der Waals surface area contributed by atoms with Crippen LogP contribution in [0.2, 0.25) is 0 Å². The fourth-order valence-electron chi connectivity index (χ4n) is 2.04. The van der Waals surface area contributed by atoms with Gasteiger partial charge < -0.3 is 0 Å². The van der Waals surface area contributed by atoms with E-state index >= 15 is 0 Å². The molecule has 20 heavy (non-hydrogen) atoms. The molecule has 1 rings (SSSR count). The van der Waals surface area contributed by atoms with Gasteiger partial charge in [0.15, 0.2) is 0 Å². The molecule has 0 aliphatic rings. The minimum absolute atomic E-state index is 0.164. The van der Waals surface area contributed by atoms with Gasteiger partial charge in [-0.1, -0.05) is 32.9 Å². The van der Waals surface area contributed by atoms with Gasteiger partial charge in [-0.3, -0.25) is 0 Å². The fraction of sp³-hybridized carbons (Fsp3) is 0.625. The maximum atomic E-state index is 11.1. The van der Waals surface area contributed by atoms with E-state index in [9.17, 15) is 8.42 Å². The molecule has 0 aliphatic heterocycles. The molecular weight excluding hydrogens is 288 g/mol. The van der Waals surface area contributed by atoms with Crippen LogP contribution in [-0.4, -0.2) is 26.2 Å². The Bertz CT molecular complexity index is 544. The summed E-state index contributed by atoms with van der Waals surface area (Å²) in [6, 6.07) is 4.53. The SMILES string of the molecule is Cc1cc(C(C)(C)C)cc(C)c1CSCCS(C)(=O)=O. The van der Waals surface area contributed by atoms with Crippen molar-refractivity contribution < 1.29 is 8.42 Å². The molecule has 1 aromatic carbocycles. The smallest absolute Gasteiger partial charge is 0.148 e. The van der Waals surface area contributed by atoms with Crippen molar-refractivity contribution in [3.63, 3.8) is 0 Å². The van der Waals surface area contributed by atoms with Crippen LogP contribution >= 0.6 is 11.8 Å². The maximum Gasteiger partial charge on any atom is 0.148 e. The Morgan fingerprint density at radius 3 is 2.00 bits per heavy atom. The summed E-state index contributed by atoms with van der Waals surface area (Å²) < 4.78 is 22.2. The van der Waals surface area contributed by atoms with Gasteiger partial charge in [0, 0.05) is 17.8 Å². The van der Waals surface area contributed by atoms with Crippen molar-refractivity contribution in [2.24, 2.45) is 0 Å². The average Bonchev–Trinajstić information content (AvgIpc) is 2.23. The first kappa shape index (κ1) is 17.6. The van der Waals surface area contributed by atoms with Crippen LogP contribution in [-0.2, 0) is 21.0 Å². The van der Waals surface area contributed by atoms with Crippen LogP contribution < -0.4 is 0 Å². The van der Waals surface area contributed by atoms with E-state index in [1.54, 1.807) is 11.8 Å². The molecule has 0 saturated carbocycles. The number of benzene rings is 1. The van der Waals surface area contributed by atoms with Crippen LogP contribution in [0.4, 0.5) is 0 Å². The molecule has 4 heteroatoms. The van der Waals surface area contributed by atoms with Crippen LogP contribution in [0.5, 0.6) is 0 Å². The number of thioether (sulfide) groups is 1. The summed E-state index contributed by atoms with van der Waals surface area (Å²) >= 11 is 1.70. The molecule has 0 N–H and O–H groups in total. The first-order valence-electron chi connectivity index (χ1n) is 6.87. The predicted molar refractivity (Wildman–Crippen MR) is 90.5 cm³/mol. The van der Waals surface area contributed by atoms with E-state index in [2.05, 4.69) is 46.8 Å². The topological polar surface area (TPSA) is 34.1 Å². The van der Waals surface area contributed by atoms with Gasteiger partial charge >= 0.3 is 0 Å². The van der Waals surface area contributed by atoms with Crippen molar-refractivity contribution in [1.82, 2.24) is 0 Å². The molecular formula is C16H26O2S2. The summed E-state index contributed by atoms with van der Waals surface area (Å²) in [7, 11) is -2.85. The molecule has 2 nitrogen and oxygen atoms in total. The van der Waals surface area contributed by atoms with Gasteiger partial charge in [-0.2, -0.15) is 11.8 Å². The van der Waals surface area contributed by atoms with E-state index in [-0.39, 0.29) is 11.2 Å². The van der Waals surface area contributed by atoms with Crippen LogP contribution in [0.3, 0.4) is 0 Å². The molecule has 0 amide bonds. The van der Waals surface area contributed by atoms with E-state index in [4.69, 9.17) is 0 Å². The second-order valence-electron chi connectivity index (χ2n) is 6.52. The molecule has 114 valence electrons. The molecule has 0 radical (unpaired) electrons. The van der Waals surface area contributed by atoms with Crippen molar-refractivity contribution in [2.45, 2.75) is 45.8 Å². The van der Waals surface area contributed by atoms with Crippen LogP contribution in [0.1, 0.15) is 43.0 Å². The molecule has 0 bridgehead atoms. The quantitative estimate of drug-likeness (QED) is 0.774. The molecule has 0 fully saturated rings. The minimum atomic E-state index is -2.85. The summed E-state index contributed by atoms with van der Waals surface area (Å²) in [5.41, 5.74) is 5.48. The van der Waals surface area contributed by atoms with E-state index in [0.717, 1.165) is 5.75 Å². The Morgan fingerprint density at radius 2 is 1.60 bits per heavy atom. The standard InChI is InChI=1S/C16H26O2S2/c1-12-9-14(16(3,4)5)10-13(2)15(12)11-19-7-8-20(6,17)18/h9-10H,7-8,11H2,1-6H3. The molecule has 0 spiro atoms. The number of hydrogen-bond donors (Lipinski definition) is 0. The third kappa shape index (κ3) is 5.49. The zero-order valence-corrected chi connectivity index (χ0v) is 15.0. The van der Waals surface area contributed by atoms with Crippen molar-refractivity contribution in [1.29, 1.82) is 0 Å². The highest BCUT2D eigenvalue weighted by Crippen LogP contribution is 2.28. The van der Waals surface area contributed by atoms with Gasteiger partial charge in [0.1, 0.15) is 9.84 Å². The van der Waals surface area contributed by atoms with Gasteiger partial charge in [-0.25, -0.2) is 8.42 Å². The summed E-state index contributed by atoms with van der Waals surface area (Å²) in [5, 5.41) is 0. The van der Waals surface area contributed by atoms with Gasteiger partial charge in [0.2, 0.25) is 0 Å². The van der Waals surface area contributed by atoms with E-state index < -0.39 is 9.84 Å². The van der Waals surface area contributed by atoms with Crippen LogP contribution in [0.15, 0.2) is 12.1 Å². The normalized spacial score (nSPS) is 12.7. The number of hydrogen-bond acceptors (Lipinski definition) is 3. The Hall–Kier alpha value is -0.480. The highest BCUT2D eigenvalue weighted by atomic mass is 32.2. The first-order chi connectivity index (χ1) is 9.00. The highest BCUT2D eigenvalue weighted by Gasteiger charge is 2.16. The fourth-order valence-corrected chi connectivity index (χ4v) is 4.52. The molecule has 0 heterocycles. The van der Waals surface area contributed by atoms with Crippen molar-refractivity contribution in [2.75, 3.05) is 17.8 Å². The molecule has 1 aromatic rings. The lowest BCUT2D eigenvalue weighted by molar-refractivity contribution is 0.589. The van der Waals surface area contributed by atoms with Gasteiger partial charge in [0.05, 0.1) is 5.75 Å². The molecule has 0 saturated heterocycles. The van der Waals surface area contributed by atoms with E-state index in [0.29, 0.717) is 5.75 Å². The average molecular weight is 315 g/mol. The number of aryl methyl sites for hydroxylation is 2. The van der Waals surface area contributed by atoms with Gasteiger partial charge in [0.25, 0.3) is 0 Å². The van der Waals surface area contributed by atoms with E-state index in [1.807, 2.05) is 0 Å². The monoisotopic (exact) mass is 314 g/mol. The Labute approximate surface area is 128 Å². The minimum Gasteiger partial charge on any atom is -0.229 e. The summed E-state index contributed by atoms with van der Waals surface area (Å²) in [5.74, 6) is 1.81. The molecule has 0 aromatic heterocycles. The first-order valence-corrected chi connectivity index (χ1v) is 10.1. The van der Waals surface area contributed by atoms with Crippen molar-refractivity contribution in [3.05, 3.63) is 34.4 Å². The lowest BCUT2D eigenvalue weighted by atomic mass is 9.84. The lowest BCUT2D eigenvalue weighted by Gasteiger charge is -2.22. The second-order valence-corrected chi connectivity index (χ2v) is 9.89. The Morgan fingerprint density at radius 1 is 1.10 bits per heavy atom. The zero-order chi connectivity index (χ0) is 15.6. The third-order valence-corrected chi connectivity index (χ3v) is 5.60. The Balaban J connectivity index is 2.77. The molecule has 0 atom stereocenters. The molecule has 0 unspecified atom stereocenters. The van der Waals surface area contributed by atoms with E-state index in [1.165, 1.54) is 28.5 Å². The third-order valence-electron chi connectivity index (χ3n) is 3.41. The number of rotatable bonds is 5. The Kier molecular flexibility index (Phi) is 5.73. The summed E-state index contributed by atoms with van der Waals surface area (Å²) in [6.07, 6.45) is 1.29. The predicted octanol–water partition coefficient (Wildman–Crippen LogP) is 3.88. The highest BCUT2D eigenvalue weighted by molar-refractivity contribution is 7.99. The molecule has 0 aliphatic carbocycles. The van der Waals surface area contributed by atoms with Crippen molar-refractivity contribution >= 4 is 21.6 Å². The van der Waals surface area contributed by atoms with Crippen LogP contribution in [0, 0.1) is 13.8 Å². The van der Waals surface area contributed by atoms with Crippen LogP contribution in [0.25, 0.3) is 0 Å².